The van der Waals surface area contributed by atoms with E-state index in [1.807, 2.05) is 5.38 Å². The van der Waals surface area contributed by atoms with Crippen LogP contribution < -0.4 is 5.32 Å². The van der Waals surface area contributed by atoms with Crippen LogP contribution in [0.4, 0.5) is 5.13 Å². The highest BCUT2D eigenvalue weighted by Crippen LogP contribution is 2.17. The van der Waals surface area contributed by atoms with E-state index >= 15 is 0 Å². The van der Waals surface area contributed by atoms with E-state index in [1.54, 1.807) is 24.5 Å². The second-order valence-electron chi connectivity index (χ2n) is 4.08. The highest BCUT2D eigenvalue weighted by Gasteiger charge is 2.09. The zero-order valence-electron chi connectivity index (χ0n) is 10.6. The predicted octanol–water partition coefficient (Wildman–Crippen LogP) is 2.20. The molecule has 0 unspecified atom stereocenters. The molecule has 104 valence electrons. The van der Waals surface area contributed by atoms with Gasteiger partial charge in [0.25, 0.3) is 5.91 Å². The summed E-state index contributed by atoms with van der Waals surface area (Å²) in [6, 6.07) is 3.24. The van der Waals surface area contributed by atoms with Crippen molar-refractivity contribution in [3.05, 3.63) is 41.2 Å². The maximum absolute atomic E-state index is 11.9. The summed E-state index contributed by atoms with van der Waals surface area (Å²) >= 11 is 1.33. The smallest absolute Gasteiger partial charge is 0.303 e. The number of nitrogens with one attached hydrogen (secondary N) is 1. The number of amides is 1. The van der Waals surface area contributed by atoms with Gasteiger partial charge in [-0.2, -0.15) is 0 Å². The Bertz CT molecular complexity index is 598. The fraction of sp³-hybridized carbons (Fsp3) is 0.231. The van der Waals surface area contributed by atoms with Crippen molar-refractivity contribution in [2.24, 2.45) is 0 Å². The first-order chi connectivity index (χ1) is 9.65. The first-order valence-corrected chi connectivity index (χ1v) is 6.90. The molecule has 2 aromatic rings. The van der Waals surface area contributed by atoms with Gasteiger partial charge in [0, 0.05) is 29.8 Å². The second-order valence-corrected chi connectivity index (χ2v) is 4.94. The van der Waals surface area contributed by atoms with Crippen LogP contribution >= 0.6 is 11.3 Å². The summed E-state index contributed by atoms with van der Waals surface area (Å²) in [5, 5.41) is 13.6. The lowest BCUT2D eigenvalue weighted by molar-refractivity contribution is -0.137. The Morgan fingerprint density at radius 3 is 2.75 bits per heavy atom. The van der Waals surface area contributed by atoms with Gasteiger partial charge in [-0.05, 0) is 25.0 Å². The number of nitrogens with zero attached hydrogens (tertiary/aromatic N) is 2. The molecule has 0 fully saturated rings. The standard InChI is InChI=1S/C13H13N3O3S/c17-11(18)3-1-2-10-8-20-13(15-10)16-12(19)9-4-6-14-7-5-9/h4-8H,1-3H2,(H,17,18)(H,15,16,19). The van der Waals surface area contributed by atoms with Crippen LogP contribution in [0.25, 0.3) is 0 Å². The fourth-order valence-corrected chi connectivity index (χ4v) is 2.31. The van der Waals surface area contributed by atoms with Crippen molar-refractivity contribution in [3.8, 4) is 0 Å². The molecule has 0 aliphatic heterocycles. The molecule has 6 nitrogen and oxygen atoms in total. The number of carboxylic acids is 1. The number of thiazole rings is 1. The molecule has 0 spiro atoms. The number of hydrogen-bond donors (Lipinski definition) is 2. The molecule has 2 heterocycles. The molecule has 2 aromatic heterocycles. The van der Waals surface area contributed by atoms with E-state index in [0.717, 1.165) is 5.69 Å². The Labute approximate surface area is 119 Å². The SMILES string of the molecule is O=C(O)CCCc1csc(NC(=O)c2ccncc2)n1. The number of carbonyl (C=O) groups excluding carboxylic acids is 1. The minimum atomic E-state index is -0.813. The highest BCUT2D eigenvalue weighted by molar-refractivity contribution is 7.13. The van der Waals surface area contributed by atoms with Gasteiger partial charge < -0.3 is 5.11 Å². The average Bonchev–Trinajstić information content (AvgIpc) is 2.87. The van der Waals surface area contributed by atoms with E-state index in [4.69, 9.17) is 5.11 Å². The van der Waals surface area contributed by atoms with E-state index in [2.05, 4.69) is 15.3 Å². The van der Waals surface area contributed by atoms with Crippen LogP contribution in [-0.4, -0.2) is 27.0 Å². The van der Waals surface area contributed by atoms with Crippen molar-refractivity contribution in [1.82, 2.24) is 9.97 Å². The summed E-state index contributed by atoms with van der Waals surface area (Å²) in [5.41, 5.74) is 1.31. The van der Waals surface area contributed by atoms with Crippen LogP contribution in [-0.2, 0) is 11.2 Å². The number of anilines is 1. The van der Waals surface area contributed by atoms with Gasteiger partial charge in [-0.3, -0.25) is 19.9 Å². The number of aryl methyl sites for hydroxylation is 1. The number of rotatable bonds is 6. The lowest BCUT2D eigenvalue weighted by Gasteiger charge is -2.00. The van der Waals surface area contributed by atoms with Crippen LogP contribution in [0.3, 0.4) is 0 Å². The summed E-state index contributed by atoms with van der Waals surface area (Å²) in [6.45, 7) is 0. The maximum Gasteiger partial charge on any atom is 0.303 e. The lowest BCUT2D eigenvalue weighted by atomic mass is 10.2. The molecule has 0 radical (unpaired) electrons. The molecule has 0 saturated carbocycles. The van der Waals surface area contributed by atoms with Gasteiger partial charge in [0.05, 0.1) is 5.69 Å². The van der Waals surface area contributed by atoms with E-state index in [9.17, 15) is 9.59 Å². The van der Waals surface area contributed by atoms with Gasteiger partial charge in [-0.25, -0.2) is 4.98 Å². The van der Waals surface area contributed by atoms with Crippen LogP contribution in [0, 0.1) is 0 Å². The summed E-state index contributed by atoms with van der Waals surface area (Å²) in [4.78, 5) is 30.4. The average molecular weight is 291 g/mol. The molecule has 2 N–H and O–H groups in total. The first kappa shape index (κ1) is 14.1. The van der Waals surface area contributed by atoms with Crippen molar-refractivity contribution in [1.29, 1.82) is 0 Å². The molecule has 0 aliphatic rings. The molecule has 0 aliphatic carbocycles. The largest absolute Gasteiger partial charge is 0.481 e. The minimum absolute atomic E-state index is 0.121. The molecule has 7 heteroatoms. The van der Waals surface area contributed by atoms with Crippen LogP contribution in [0.1, 0.15) is 28.9 Å². The van der Waals surface area contributed by atoms with Crippen molar-refractivity contribution < 1.29 is 14.7 Å². The van der Waals surface area contributed by atoms with Crippen LogP contribution in [0.2, 0.25) is 0 Å². The maximum atomic E-state index is 11.9. The van der Waals surface area contributed by atoms with Crippen molar-refractivity contribution in [2.75, 3.05) is 5.32 Å². The number of carbonyl (C=O) groups is 2. The Balaban J connectivity index is 1.89. The minimum Gasteiger partial charge on any atom is -0.481 e. The monoisotopic (exact) mass is 291 g/mol. The van der Waals surface area contributed by atoms with Crippen molar-refractivity contribution in [2.45, 2.75) is 19.3 Å². The molecule has 2 rings (SSSR count). The third kappa shape index (κ3) is 4.13. The normalized spacial score (nSPS) is 10.2. The zero-order valence-corrected chi connectivity index (χ0v) is 11.4. The summed E-state index contributed by atoms with van der Waals surface area (Å²) in [5.74, 6) is -1.05. The third-order valence-electron chi connectivity index (χ3n) is 2.54. The Morgan fingerprint density at radius 1 is 1.30 bits per heavy atom. The zero-order chi connectivity index (χ0) is 14.4. The quantitative estimate of drug-likeness (QED) is 0.851. The topological polar surface area (TPSA) is 92.2 Å². The summed E-state index contributed by atoms with van der Waals surface area (Å²) in [7, 11) is 0. The van der Waals surface area contributed by atoms with Crippen LogP contribution in [0.5, 0.6) is 0 Å². The van der Waals surface area contributed by atoms with E-state index in [0.29, 0.717) is 23.5 Å². The van der Waals surface area contributed by atoms with Gasteiger partial charge in [0.2, 0.25) is 0 Å². The van der Waals surface area contributed by atoms with Crippen molar-refractivity contribution in [3.63, 3.8) is 0 Å². The van der Waals surface area contributed by atoms with E-state index < -0.39 is 5.97 Å². The molecule has 0 saturated heterocycles. The van der Waals surface area contributed by atoms with Gasteiger partial charge in [-0.15, -0.1) is 11.3 Å². The molecule has 20 heavy (non-hydrogen) atoms. The summed E-state index contributed by atoms with van der Waals surface area (Å²) < 4.78 is 0. The van der Waals surface area contributed by atoms with Crippen molar-refractivity contribution >= 4 is 28.3 Å². The lowest BCUT2D eigenvalue weighted by Crippen LogP contribution is -2.11. The number of pyridine rings is 1. The fourth-order valence-electron chi connectivity index (χ4n) is 1.57. The van der Waals surface area contributed by atoms with Gasteiger partial charge in [0.15, 0.2) is 5.13 Å². The second kappa shape index (κ2) is 6.76. The Kier molecular flexibility index (Phi) is 4.78. The Morgan fingerprint density at radius 2 is 2.05 bits per heavy atom. The van der Waals surface area contributed by atoms with E-state index in [1.165, 1.54) is 11.3 Å². The summed E-state index contributed by atoms with van der Waals surface area (Å²) in [6.07, 6.45) is 4.35. The third-order valence-corrected chi connectivity index (χ3v) is 3.34. The number of aliphatic carboxylic acids is 1. The highest BCUT2D eigenvalue weighted by atomic mass is 32.1. The molecule has 0 atom stereocenters. The van der Waals surface area contributed by atoms with E-state index in [-0.39, 0.29) is 12.3 Å². The Hall–Kier alpha value is -2.28. The van der Waals surface area contributed by atoms with Gasteiger partial charge >= 0.3 is 5.97 Å². The first-order valence-electron chi connectivity index (χ1n) is 6.03. The van der Waals surface area contributed by atoms with Gasteiger partial charge in [0.1, 0.15) is 0 Å². The molecular weight excluding hydrogens is 278 g/mol. The molecule has 0 aromatic carbocycles. The number of hydrogen-bond acceptors (Lipinski definition) is 5. The number of carboxylic acid groups (broad SMARTS) is 1. The molecular formula is C13H13N3O3S. The number of aromatic nitrogens is 2. The van der Waals surface area contributed by atoms with Crippen LogP contribution in [0.15, 0.2) is 29.9 Å². The predicted molar refractivity (Wildman–Crippen MR) is 74.9 cm³/mol. The van der Waals surface area contributed by atoms with Gasteiger partial charge in [-0.1, -0.05) is 0 Å². The molecule has 1 amide bonds. The molecule has 0 bridgehead atoms.